The van der Waals surface area contributed by atoms with Gasteiger partial charge in [-0.1, -0.05) is 34.1 Å². The lowest BCUT2D eigenvalue weighted by molar-refractivity contribution is 0.571. The molecular formula is C15H14BrF2N. The van der Waals surface area contributed by atoms with Crippen molar-refractivity contribution in [3.63, 3.8) is 0 Å². The van der Waals surface area contributed by atoms with Crippen molar-refractivity contribution in [3.8, 4) is 0 Å². The third-order valence-corrected chi connectivity index (χ3v) is 3.46. The summed E-state index contributed by atoms with van der Waals surface area (Å²) in [6, 6.07) is 9.23. The summed E-state index contributed by atoms with van der Waals surface area (Å²) in [6.07, 6.45) is 0.386. The van der Waals surface area contributed by atoms with Gasteiger partial charge in [0, 0.05) is 16.1 Å². The Morgan fingerprint density at radius 1 is 1.21 bits per heavy atom. The molecule has 100 valence electrons. The Kier molecular flexibility index (Phi) is 4.32. The summed E-state index contributed by atoms with van der Waals surface area (Å²) >= 11 is 3.23. The van der Waals surface area contributed by atoms with Gasteiger partial charge >= 0.3 is 0 Å². The summed E-state index contributed by atoms with van der Waals surface area (Å²) in [5.41, 5.74) is 7.78. The molecular weight excluding hydrogens is 312 g/mol. The van der Waals surface area contributed by atoms with Crippen LogP contribution >= 0.6 is 15.9 Å². The maximum atomic E-state index is 14.0. The van der Waals surface area contributed by atoms with Gasteiger partial charge in [-0.3, -0.25) is 0 Å². The molecule has 0 bridgehead atoms. The van der Waals surface area contributed by atoms with E-state index in [0.29, 0.717) is 22.0 Å². The molecule has 0 aliphatic rings. The van der Waals surface area contributed by atoms with Gasteiger partial charge in [0.2, 0.25) is 0 Å². The van der Waals surface area contributed by atoms with Gasteiger partial charge in [-0.2, -0.15) is 0 Å². The lowest BCUT2D eigenvalue weighted by Crippen LogP contribution is -2.15. The lowest BCUT2D eigenvalue weighted by Gasteiger charge is -2.14. The number of hydrogen-bond donors (Lipinski definition) is 1. The summed E-state index contributed by atoms with van der Waals surface area (Å²) in [5.74, 6) is -0.619. The van der Waals surface area contributed by atoms with E-state index in [1.165, 1.54) is 12.1 Å². The number of benzene rings is 2. The van der Waals surface area contributed by atoms with Gasteiger partial charge in [0.05, 0.1) is 0 Å². The van der Waals surface area contributed by atoms with Gasteiger partial charge in [-0.15, -0.1) is 0 Å². The standard InChI is InChI=1S/C15H14BrF2N/c1-9-3-2-4-13(15(9)18)14(19)7-10-5-11(16)8-12(17)6-10/h2-6,8,14H,7,19H2,1H3. The van der Waals surface area contributed by atoms with Crippen LogP contribution in [0.15, 0.2) is 40.9 Å². The summed E-state index contributed by atoms with van der Waals surface area (Å²) in [6.45, 7) is 1.70. The Labute approximate surface area is 119 Å². The first-order chi connectivity index (χ1) is 8.97. The predicted molar refractivity (Wildman–Crippen MR) is 75.9 cm³/mol. The topological polar surface area (TPSA) is 26.0 Å². The lowest BCUT2D eigenvalue weighted by atomic mass is 9.97. The molecule has 2 N–H and O–H groups in total. The minimum atomic E-state index is -0.492. The van der Waals surface area contributed by atoms with Crippen molar-refractivity contribution in [2.45, 2.75) is 19.4 Å². The summed E-state index contributed by atoms with van der Waals surface area (Å²) in [7, 11) is 0. The molecule has 0 aliphatic carbocycles. The number of halogens is 3. The second kappa shape index (κ2) is 5.80. The number of aryl methyl sites for hydroxylation is 1. The average Bonchev–Trinajstić information content (AvgIpc) is 2.31. The first-order valence-electron chi connectivity index (χ1n) is 5.93. The van der Waals surface area contributed by atoms with Gasteiger partial charge in [-0.25, -0.2) is 8.78 Å². The number of hydrogen-bond acceptors (Lipinski definition) is 1. The SMILES string of the molecule is Cc1cccc(C(N)Cc2cc(F)cc(Br)c2)c1F. The van der Waals surface area contributed by atoms with Crippen molar-refractivity contribution in [3.05, 3.63) is 69.2 Å². The van der Waals surface area contributed by atoms with Crippen molar-refractivity contribution in [2.24, 2.45) is 5.73 Å². The highest BCUT2D eigenvalue weighted by Crippen LogP contribution is 2.23. The van der Waals surface area contributed by atoms with Crippen LogP contribution in [-0.2, 0) is 6.42 Å². The van der Waals surface area contributed by atoms with Crippen LogP contribution in [0.3, 0.4) is 0 Å². The zero-order valence-corrected chi connectivity index (χ0v) is 12.0. The van der Waals surface area contributed by atoms with E-state index in [-0.39, 0.29) is 11.6 Å². The van der Waals surface area contributed by atoms with Crippen molar-refractivity contribution >= 4 is 15.9 Å². The molecule has 0 saturated heterocycles. The molecule has 0 radical (unpaired) electrons. The fourth-order valence-corrected chi connectivity index (χ4v) is 2.56. The zero-order chi connectivity index (χ0) is 14.0. The Hall–Kier alpha value is -1.26. The molecule has 0 heterocycles. The molecule has 0 saturated carbocycles. The van der Waals surface area contributed by atoms with Crippen LogP contribution in [0.5, 0.6) is 0 Å². The number of rotatable bonds is 3. The van der Waals surface area contributed by atoms with E-state index in [1.54, 1.807) is 31.2 Å². The molecule has 0 spiro atoms. The molecule has 1 unspecified atom stereocenters. The van der Waals surface area contributed by atoms with E-state index in [2.05, 4.69) is 15.9 Å². The van der Waals surface area contributed by atoms with Crippen molar-refractivity contribution in [2.75, 3.05) is 0 Å². The summed E-state index contributed by atoms with van der Waals surface area (Å²) < 4.78 is 27.9. The van der Waals surface area contributed by atoms with Crippen LogP contribution < -0.4 is 5.73 Å². The quantitative estimate of drug-likeness (QED) is 0.895. The van der Waals surface area contributed by atoms with Crippen LogP contribution in [0.1, 0.15) is 22.7 Å². The van der Waals surface area contributed by atoms with Crippen molar-refractivity contribution < 1.29 is 8.78 Å². The van der Waals surface area contributed by atoms with Gasteiger partial charge in [0.15, 0.2) is 0 Å². The molecule has 4 heteroatoms. The van der Waals surface area contributed by atoms with E-state index in [4.69, 9.17) is 5.73 Å². The van der Waals surface area contributed by atoms with Crippen LogP contribution in [0.2, 0.25) is 0 Å². The Morgan fingerprint density at radius 3 is 2.63 bits per heavy atom. The fraction of sp³-hybridized carbons (Fsp3) is 0.200. The molecule has 0 aliphatic heterocycles. The fourth-order valence-electron chi connectivity index (χ4n) is 2.05. The van der Waals surface area contributed by atoms with Crippen LogP contribution in [-0.4, -0.2) is 0 Å². The molecule has 0 amide bonds. The second-order valence-corrected chi connectivity index (χ2v) is 5.48. The molecule has 1 nitrogen and oxygen atoms in total. The third-order valence-electron chi connectivity index (χ3n) is 3.00. The van der Waals surface area contributed by atoms with Crippen LogP contribution in [0.25, 0.3) is 0 Å². The zero-order valence-electron chi connectivity index (χ0n) is 10.5. The van der Waals surface area contributed by atoms with Gasteiger partial charge in [0.1, 0.15) is 11.6 Å². The molecule has 2 aromatic rings. The van der Waals surface area contributed by atoms with E-state index in [9.17, 15) is 8.78 Å². The van der Waals surface area contributed by atoms with Gasteiger partial charge in [0.25, 0.3) is 0 Å². The summed E-state index contributed by atoms with van der Waals surface area (Å²) in [5, 5.41) is 0. The van der Waals surface area contributed by atoms with Crippen LogP contribution in [0, 0.1) is 18.6 Å². The molecule has 0 fully saturated rings. The highest BCUT2D eigenvalue weighted by atomic mass is 79.9. The first-order valence-corrected chi connectivity index (χ1v) is 6.72. The van der Waals surface area contributed by atoms with E-state index in [1.807, 2.05) is 0 Å². The third kappa shape index (κ3) is 3.39. The van der Waals surface area contributed by atoms with E-state index < -0.39 is 6.04 Å². The second-order valence-electron chi connectivity index (χ2n) is 4.57. The Balaban J connectivity index is 2.25. The Morgan fingerprint density at radius 2 is 1.95 bits per heavy atom. The Bertz CT molecular complexity index is 578. The maximum absolute atomic E-state index is 14.0. The molecule has 2 aromatic carbocycles. The average molecular weight is 326 g/mol. The normalized spacial score (nSPS) is 12.5. The van der Waals surface area contributed by atoms with E-state index >= 15 is 0 Å². The molecule has 19 heavy (non-hydrogen) atoms. The highest BCUT2D eigenvalue weighted by Gasteiger charge is 2.14. The monoisotopic (exact) mass is 325 g/mol. The smallest absolute Gasteiger partial charge is 0.130 e. The minimum Gasteiger partial charge on any atom is -0.324 e. The number of nitrogens with two attached hydrogens (primary N) is 1. The van der Waals surface area contributed by atoms with Gasteiger partial charge in [-0.05, 0) is 42.7 Å². The molecule has 2 rings (SSSR count). The predicted octanol–water partition coefficient (Wildman–Crippen LogP) is 4.28. The highest BCUT2D eigenvalue weighted by molar-refractivity contribution is 9.10. The largest absolute Gasteiger partial charge is 0.324 e. The molecule has 1 atom stereocenters. The summed E-state index contributed by atoms with van der Waals surface area (Å²) in [4.78, 5) is 0. The van der Waals surface area contributed by atoms with Crippen LogP contribution in [0.4, 0.5) is 8.78 Å². The van der Waals surface area contributed by atoms with Crippen molar-refractivity contribution in [1.29, 1.82) is 0 Å². The first kappa shape index (κ1) is 14.2. The van der Waals surface area contributed by atoms with Gasteiger partial charge < -0.3 is 5.73 Å². The maximum Gasteiger partial charge on any atom is 0.130 e. The minimum absolute atomic E-state index is 0.287. The van der Waals surface area contributed by atoms with E-state index in [0.717, 1.165) is 5.56 Å². The van der Waals surface area contributed by atoms with Crippen molar-refractivity contribution in [1.82, 2.24) is 0 Å². The molecule has 0 aromatic heterocycles.